The summed E-state index contributed by atoms with van der Waals surface area (Å²) in [6, 6.07) is 4.68. The molecule has 2 aromatic heterocycles. The summed E-state index contributed by atoms with van der Waals surface area (Å²) in [7, 11) is -1.63. The number of benzene rings is 1. The fourth-order valence-corrected chi connectivity index (χ4v) is 5.04. The largest absolute Gasteiger partial charge is 0.363 e. The minimum atomic E-state index is -3.17. The minimum absolute atomic E-state index is 0.0461. The second-order valence-corrected chi connectivity index (χ2v) is 10.1. The van der Waals surface area contributed by atoms with Gasteiger partial charge in [0.05, 0.1) is 28.5 Å². The first kappa shape index (κ1) is 23.0. The molecule has 1 aromatic carbocycles. The van der Waals surface area contributed by atoms with E-state index in [2.05, 4.69) is 15.3 Å². The number of hydrogen-bond donors (Lipinski definition) is 1. The van der Waals surface area contributed by atoms with Gasteiger partial charge in [-0.3, -0.25) is 9.36 Å². The quantitative estimate of drug-likeness (QED) is 0.600. The van der Waals surface area contributed by atoms with Crippen LogP contribution in [0.1, 0.15) is 42.5 Å². The summed E-state index contributed by atoms with van der Waals surface area (Å²) in [5.41, 5.74) is 0.296. The predicted octanol–water partition coefficient (Wildman–Crippen LogP) is 3.78. The SMILES string of the molecule is C[C@@H](Nc1ncnc2c1cc(C1=CCS(=O)(=O)CC1)c(=O)n2C)c1cccc(C(F)F)c1F. The maximum absolute atomic E-state index is 14.6. The second kappa shape index (κ2) is 8.62. The fourth-order valence-electron chi connectivity index (χ4n) is 3.89. The number of halogens is 3. The van der Waals surface area contributed by atoms with Gasteiger partial charge >= 0.3 is 0 Å². The second-order valence-electron chi connectivity index (χ2n) is 7.89. The Balaban J connectivity index is 1.78. The average molecular weight is 478 g/mol. The molecule has 3 heterocycles. The molecule has 1 aliphatic rings. The molecule has 1 aliphatic heterocycles. The first-order valence-electron chi connectivity index (χ1n) is 10.2. The summed E-state index contributed by atoms with van der Waals surface area (Å²) < 4.78 is 65.7. The number of aryl methyl sites for hydroxylation is 1. The smallest absolute Gasteiger partial charge is 0.266 e. The van der Waals surface area contributed by atoms with E-state index < -0.39 is 33.7 Å². The molecule has 0 aliphatic carbocycles. The summed E-state index contributed by atoms with van der Waals surface area (Å²) >= 11 is 0. The molecule has 3 aromatic rings. The molecule has 1 N–H and O–H groups in total. The van der Waals surface area contributed by atoms with Gasteiger partial charge < -0.3 is 5.32 Å². The zero-order valence-corrected chi connectivity index (χ0v) is 18.7. The number of fused-ring (bicyclic) bond motifs is 1. The fraction of sp³-hybridized carbons (Fsp3) is 0.318. The number of sulfone groups is 1. The van der Waals surface area contributed by atoms with Crippen LogP contribution in [-0.2, 0) is 16.9 Å². The van der Waals surface area contributed by atoms with Crippen LogP contribution < -0.4 is 10.9 Å². The van der Waals surface area contributed by atoms with E-state index in [4.69, 9.17) is 0 Å². The van der Waals surface area contributed by atoms with Crippen molar-refractivity contribution < 1.29 is 21.6 Å². The Morgan fingerprint density at radius 2 is 1.91 bits per heavy atom. The molecule has 11 heteroatoms. The molecule has 4 rings (SSSR count). The van der Waals surface area contributed by atoms with E-state index in [0.29, 0.717) is 22.2 Å². The van der Waals surface area contributed by atoms with Gasteiger partial charge in [0.15, 0.2) is 9.84 Å². The number of allylic oxidation sites excluding steroid dienone is 1. The summed E-state index contributed by atoms with van der Waals surface area (Å²) in [5, 5.41) is 3.49. The maximum atomic E-state index is 14.6. The summed E-state index contributed by atoms with van der Waals surface area (Å²) in [4.78, 5) is 21.3. The van der Waals surface area contributed by atoms with E-state index in [9.17, 15) is 26.4 Å². The third-order valence-corrected chi connectivity index (χ3v) is 7.23. The van der Waals surface area contributed by atoms with Crippen molar-refractivity contribution in [3.05, 3.63) is 69.5 Å². The van der Waals surface area contributed by atoms with Gasteiger partial charge in [-0.1, -0.05) is 24.3 Å². The lowest BCUT2D eigenvalue weighted by molar-refractivity contribution is 0.146. The number of anilines is 1. The van der Waals surface area contributed by atoms with E-state index in [0.717, 1.165) is 6.07 Å². The van der Waals surface area contributed by atoms with E-state index in [1.165, 1.54) is 29.1 Å². The Kier molecular flexibility index (Phi) is 6.00. The van der Waals surface area contributed by atoms with Crippen LogP contribution in [-0.4, -0.2) is 34.5 Å². The Morgan fingerprint density at radius 1 is 1.18 bits per heavy atom. The number of alkyl halides is 2. The minimum Gasteiger partial charge on any atom is -0.363 e. The highest BCUT2D eigenvalue weighted by Gasteiger charge is 2.23. The van der Waals surface area contributed by atoms with Gasteiger partial charge in [0, 0.05) is 18.2 Å². The Morgan fingerprint density at radius 3 is 2.58 bits per heavy atom. The van der Waals surface area contributed by atoms with Crippen molar-refractivity contribution >= 4 is 32.3 Å². The molecule has 0 fully saturated rings. The van der Waals surface area contributed by atoms with Crippen molar-refractivity contribution in [1.82, 2.24) is 14.5 Å². The molecular formula is C22H21F3N4O3S. The predicted molar refractivity (Wildman–Crippen MR) is 119 cm³/mol. The highest BCUT2D eigenvalue weighted by Crippen LogP contribution is 2.31. The van der Waals surface area contributed by atoms with Gasteiger partial charge in [-0.2, -0.15) is 0 Å². The standard InChI is InChI=1S/C22H21F3N4O3S/c1-12(14-4-3-5-15(18(14)23)19(24)25)28-20-17-10-16(13-6-8-33(31,32)9-7-13)22(30)29(2)21(17)27-11-26-20/h3-6,10-12,19H,7-9H2,1-2H3,(H,26,27,28)/t12-/m1/s1. The number of pyridine rings is 1. The highest BCUT2D eigenvalue weighted by atomic mass is 32.2. The van der Waals surface area contributed by atoms with Gasteiger partial charge in [0.25, 0.3) is 12.0 Å². The van der Waals surface area contributed by atoms with E-state index in [1.807, 2.05) is 0 Å². The van der Waals surface area contributed by atoms with Crippen LogP contribution in [0.5, 0.6) is 0 Å². The van der Waals surface area contributed by atoms with Crippen LogP contribution in [0, 0.1) is 5.82 Å². The van der Waals surface area contributed by atoms with Gasteiger partial charge in [0.1, 0.15) is 23.6 Å². The molecule has 0 spiro atoms. The average Bonchev–Trinajstić information content (AvgIpc) is 2.76. The highest BCUT2D eigenvalue weighted by molar-refractivity contribution is 7.91. The third-order valence-electron chi connectivity index (χ3n) is 5.73. The van der Waals surface area contributed by atoms with Crippen molar-refractivity contribution in [2.45, 2.75) is 25.8 Å². The number of hydrogen-bond acceptors (Lipinski definition) is 6. The molecular weight excluding hydrogens is 457 g/mol. The summed E-state index contributed by atoms with van der Waals surface area (Å²) in [5.74, 6) is -0.896. The van der Waals surface area contributed by atoms with Crippen LogP contribution in [0.15, 0.2) is 41.5 Å². The van der Waals surface area contributed by atoms with E-state index in [-0.39, 0.29) is 34.9 Å². The van der Waals surface area contributed by atoms with Crippen LogP contribution in [0.3, 0.4) is 0 Å². The molecule has 174 valence electrons. The molecule has 0 bridgehead atoms. The van der Waals surface area contributed by atoms with Gasteiger partial charge in [0.2, 0.25) is 0 Å². The van der Waals surface area contributed by atoms with Crippen LogP contribution in [0.2, 0.25) is 0 Å². The lowest BCUT2D eigenvalue weighted by Gasteiger charge is -2.19. The molecule has 0 amide bonds. The third kappa shape index (κ3) is 4.37. The van der Waals surface area contributed by atoms with Crippen LogP contribution in [0.25, 0.3) is 16.6 Å². The Bertz CT molecular complexity index is 1430. The van der Waals surface area contributed by atoms with Gasteiger partial charge in [-0.25, -0.2) is 31.6 Å². The molecule has 0 radical (unpaired) electrons. The number of aromatic nitrogens is 3. The Labute approximate surface area is 187 Å². The van der Waals surface area contributed by atoms with Crippen molar-refractivity contribution in [1.29, 1.82) is 0 Å². The van der Waals surface area contributed by atoms with Crippen molar-refractivity contribution in [2.75, 3.05) is 16.8 Å². The first-order chi connectivity index (χ1) is 15.6. The normalized spacial score (nSPS) is 16.6. The van der Waals surface area contributed by atoms with Crippen LogP contribution in [0.4, 0.5) is 19.0 Å². The lowest BCUT2D eigenvalue weighted by Crippen LogP contribution is -2.24. The zero-order valence-electron chi connectivity index (χ0n) is 17.8. The molecule has 0 saturated heterocycles. The first-order valence-corrected chi connectivity index (χ1v) is 12.0. The summed E-state index contributed by atoms with van der Waals surface area (Å²) in [6.45, 7) is 1.61. The van der Waals surface area contributed by atoms with Crippen LogP contribution >= 0.6 is 0 Å². The van der Waals surface area contributed by atoms with Crippen molar-refractivity contribution in [2.24, 2.45) is 7.05 Å². The maximum Gasteiger partial charge on any atom is 0.266 e. The van der Waals surface area contributed by atoms with E-state index in [1.54, 1.807) is 20.0 Å². The number of rotatable bonds is 5. The number of nitrogens with one attached hydrogen (secondary N) is 1. The van der Waals surface area contributed by atoms with Crippen molar-refractivity contribution in [3.63, 3.8) is 0 Å². The van der Waals surface area contributed by atoms with Gasteiger partial charge in [-0.05, 0) is 25.0 Å². The zero-order chi connectivity index (χ0) is 23.9. The monoisotopic (exact) mass is 478 g/mol. The van der Waals surface area contributed by atoms with Gasteiger partial charge in [-0.15, -0.1) is 0 Å². The Hall–Kier alpha value is -3.21. The molecule has 1 atom stereocenters. The molecule has 7 nitrogen and oxygen atoms in total. The van der Waals surface area contributed by atoms with E-state index >= 15 is 0 Å². The summed E-state index contributed by atoms with van der Waals surface area (Å²) in [6.07, 6.45) is 0.0458. The lowest BCUT2D eigenvalue weighted by atomic mass is 10.0. The molecule has 0 unspecified atom stereocenters. The molecule has 33 heavy (non-hydrogen) atoms. The topological polar surface area (TPSA) is 94.0 Å². The number of nitrogens with zero attached hydrogens (tertiary/aromatic N) is 3. The molecule has 0 saturated carbocycles. The van der Waals surface area contributed by atoms with Crippen molar-refractivity contribution in [3.8, 4) is 0 Å².